The van der Waals surface area contributed by atoms with Gasteiger partial charge in [0, 0.05) is 26.7 Å². The minimum Gasteiger partial charge on any atom is -0.373 e. The predicted octanol–water partition coefficient (Wildman–Crippen LogP) is 4.85. The van der Waals surface area contributed by atoms with Gasteiger partial charge in [-0.25, -0.2) is 9.37 Å². The lowest BCUT2D eigenvalue weighted by Gasteiger charge is -2.44. The van der Waals surface area contributed by atoms with Crippen molar-refractivity contribution < 1.29 is 4.39 Å². The third-order valence-corrected chi connectivity index (χ3v) is 7.53. The van der Waals surface area contributed by atoms with Crippen LogP contribution < -0.4 is 15.5 Å². The molecule has 1 aromatic carbocycles. The van der Waals surface area contributed by atoms with Crippen LogP contribution in [0.25, 0.3) is 0 Å². The number of halogens is 1. The van der Waals surface area contributed by atoms with Crippen molar-refractivity contribution in [3.05, 3.63) is 35.3 Å². The molecule has 2 aliphatic heterocycles. The number of rotatable bonds is 7. The summed E-state index contributed by atoms with van der Waals surface area (Å²) in [5.41, 5.74) is 2.45. The number of hydrogen-bond donors (Lipinski definition) is 2. The Morgan fingerprint density at radius 2 is 1.97 bits per heavy atom. The Hall–Kier alpha value is -2.92. The number of hydrogen-bond acceptors (Lipinski definition) is 7. The van der Waals surface area contributed by atoms with E-state index in [0.717, 1.165) is 36.5 Å². The van der Waals surface area contributed by atoms with E-state index in [4.69, 9.17) is 4.98 Å². The van der Waals surface area contributed by atoms with Gasteiger partial charge in [-0.2, -0.15) is 10.2 Å². The van der Waals surface area contributed by atoms with Gasteiger partial charge in [0.2, 0.25) is 5.95 Å². The van der Waals surface area contributed by atoms with E-state index in [0.29, 0.717) is 29.4 Å². The van der Waals surface area contributed by atoms with Gasteiger partial charge in [-0.3, -0.25) is 0 Å². The molecule has 0 spiro atoms. The van der Waals surface area contributed by atoms with Crippen LogP contribution >= 0.6 is 0 Å². The van der Waals surface area contributed by atoms with Crippen LogP contribution in [0.3, 0.4) is 0 Å². The maximum absolute atomic E-state index is 14.8. The number of nitrogens with one attached hydrogen (secondary N) is 2. The van der Waals surface area contributed by atoms with Crippen LogP contribution in [0.15, 0.2) is 18.3 Å². The lowest BCUT2D eigenvalue weighted by molar-refractivity contribution is 0.0649. The molecule has 34 heavy (non-hydrogen) atoms. The van der Waals surface area contributed by atoms with Gasteiger partial charge in [0.15, 0.2) is 5.82 Å². The Morgan fingerprint density at radius 3 is 2.74 bits per heavy atom. The molecule has 7 nitrogen and oxygen atoms in total. The van der Waals surface area contributed by atoms with E-state index >= 15 is 0 Å². The summed E-state index contributed by atoms with van der Waals surface area (Å²) in [5, 5.41) is 16.1. The first kappa shape index (κ1) is 22.9. The van der Waals surface area contributed by atoms with E-state index < -0.39 is 0 Å². The number of nitriles is 1. The second kappa shape index (κ2) is 9.75. The van der Waals surface area contributed by atoms with Crippen molar-refractivity contribution in [2.24, 2.45) is 5.92 Å². The van der Waals surface area contributed by atoms with Crippen molar-refractivity contribution in [3.63, 3.8) is 0 Å². The van der Waals surface area contributed by atoms with Crippen LogP contribution in [0.5, 0.6) is 0 Å². The van der Waals surface area contributed by atoms with E-state index in [-0.39, 0.29) is 11.5 Å². The average Bonchev–Trinajstić information content (AvgIpc) is 3.69. The topological polar surface area (TPSA) is 80.1 Å². The van der Waals surface area contributed by atoms with Gasteiger partial charge in [-0.05, 0) is 81.1 Å². The van der Waals surface area contributed by atoms with Crippen molar-refractivity contribution in [3.8, 4) is 6.07 Å². The molecule has 180 valence electrons. The van der Waals surface area contributed by atoms with Crippen molar-refractivity contribution in [1.82, 2.24) is 14.9 Å². The van der Waals surface area contributed by atoms with E-state index in [1.807, 2.05) is 19.0 Å². The molecule has 1 aliphatic carbocycles. The number of anilines is 4. The highest BCUT2D eigenvalue weighted by Crippen LogP contribution is 2.43. The van der Waals surface area contributed by atoms with Gasteiger partial charge >= 0.3 is 0 Å². The van der Waals surface area contributed by atoms with Crippen molar-refractivity contribution in [2.45, 2.75) is 56.9 Å². The number of piperidine rings is 2. The lowest BCUT2D eigenvalue weighted by Crippen LogP contribution is -2.49. The molecule has 0 unspecified atom stereocenters. The largest absolute Gasteiger partial charge is 0.373 e. The molecule has 2 aromatic rings. The van der Waals surface area contributed by atoms with Crippen LogP contribution in [-0.2, 0) is 0 Å². The smallest absolute Gasteiger partial charge is 0.229 e. The summed E-state index contributed by atoms with van der Waals surface area (Å²) >= 11 is 0. The molecule has 3 heterocycles. The Kier molecular flexibility index (Phi) is 6.55. The number of nitrogens with zero attached hydrogens (tertiary/aromatic N) is 5. The minimum absolute atomic E-state index is 0.231. The Balaban J connectivity index is 1.34. The normalized spacial score (nSPS) is 22.5. The highest BCUT2D eigenvalue weighted by Gasteiger charge is 2.33. The minimum atomic E-state index is -0.379. The first-order valence-electron chi connectivity index (χ1n) is 12.6. The Bertz CT molecular complexity index is 1070. The van der Waals surface area contributed by atoms with Gasteiger partial charge in [-0.1, -0.05) is 6.42 Å². The van der Waals surface area contributed by atoms with Gasteiger partial charge in [0.25, 0.3) is 0 Å². The summed E-state index contributed by atoms with van der Waals surface area (Å²) in [6, 6.07) is 5.94. The third kappa shape index (κ3) is 4.80. The average molecular weight is 464 g/mol. The molecule has 2 N–H and O–H groups in total. The second-order valence-electron chi connectivity index (χ2n) is 10.1. The lowest BCUT2D eigenvalue weighted by atomic mass is 9.83. The molecule has 2 saturated heterocycles. The van der Waals surface area contributed by atoms with E-state index in [1.54, 1.807) is 12.3 Å². The zero-order valence-corrected chi connectivity index (χ0v) is 20.1. The molecule has 5 rings (SSSR count). The van der Waals surface area contributed by atoms with Crippen LogP contribution in [-0.4, -0.2) is 54.6 Å². The molecule has 2 atom stereocenters. The highest BCUT2D eigenvalue weighted by molar-refractivity contribution is 5.68. The van der Waals surface area contributed by atoms with Crippen LogP contribution in [0.2, 0.25) is 0 Å². The molecule has 0 radical (unpaired) electrons. The van der Waals surface area contributed by atoms with Gasteiger partial charge in [0.1, 0.15) is 5.82 Å². The van der Waals surface area contributed by atoms with Gasteiger partial charge in [0.05, 0.1) is 29.2 Å². The summed E-state index contributed by atoms with van der Waals surface area (Å²) in [4.78, 5) is 13.8. The molecule has 1 aromatic heterocycles. The molecule has 8 heteroatoms. The van der Waals surface area contributed by atoms with Crippen molar-refractivity contribution in [1.29, 1.82) is 5.26 Å². The number of fused-ring (bicyclic) bond motifs is 1. The quantitative estimate of drug-likeness (QED) is 0.607. The predicted molar refractivity (Wildman–Crippen MR) is 133 cm³/mol. The summed E-state index contributed by atoms with van der Waals surface area (Å²) in [7, 11) is 3.94. The summed E-state index contributed by atoms with van der Waals surface area (Å²) in [6.45, 7) is 3.31. The monoisotopic (exact) mass is 463 g/mol. The second-order valence-corrected chi connectivity index (χ2v) is 10.1. The zero-order chi connectivity index (χ0) is 23.7. The fourth-order valence-corrected chi connectivity index (χ4v) is 5.57. The van der Waals surface area contributed by atoms with Crippen LogP contribution in [0.1, 0.15) is 62.0 Å². The van der Waals surface area contributed by atoms with E-state index in [1.165, 1.54) is 51.3 Å². The fourth-order valence-electron chi connectivity index (χ4n) is 5.57. The fraction of sp³-hybridized carbons (Fsp3) is 0.577. The molecular weight excluding hydrogens is 429 g/mol. The molecular formula is C26H34FN7. The van der Waals surface area contributed by atoms with Crippen LogP contribution in [0.4, 0.5) is 27.5 Å². The summed E-state index contributed by atoms with van der Waals surface area (Å²) in [5.74, 6) is 1.59. The zero-order valence-electron chi connectivity index (χ0n) is 20.1. The van der Waals surface area contributed by atoms with E-state index in [2.05, 4.69) is 26.6 Å². The maximum atomic E-state index is 14.8. The van der Waals surface area contributed by atoms with Gasteiger partial charge < -0.3 is 20.4 Å². The first-order valence-corrected chi connectivity index (χ1v) is 12.6. The number of benzene rings is 1. The molecule has 0 bridgehead atoms. The highest BCUT2D eigenvalue weighted by atomic mass is 19.1. The molecule has 1 saturated carbocycles. The van der Waals surface area contributed by atoms with Crippen molar-refractivity contribution in [2.75, 3.05) is 49.3 Å². The Morgan fingerprint density at radius 1 is 1.15 bits per heavy atom. The molecule has 0 amide bonds. The molecule has 3 fully saturated rings. The first-order chi connectivity index (χ1) is 16.5. The van der Waals surface area contributed by atoms with E-state index in [9.17, 15) is 9.65 Å². The maximum Gasteiger partial charge on any atom is 0.229 e. The summed E-state index contributed by atoms with van der Waals surface area (Å²) < 4.78 is 14.8. The SMILES string of the molecule is CN(C)c1cnc(Nc2cc(C#N)c(C3CC3)cc2F)nc1NC[C@@H]1CCCN2CCCC[C@H]12. The third-order valence-electron chi connectivity index (χ3n) is 7.53. The Labute approximate surface area is 201 Å². The standard InChI is InChI=1S/C26H34FN7/c1-33(2)24-16-30-26(31-22-12-19(14-28)20(13-21(22)27)17-8-9-17)32-25(24)29-15-18-6-5-11-34-10-4-3-7-23(18)34/h12-13,16-18,23H,3-11,15H2,1-2H3,(H2,29,30,31,32)/t18-,23+/m0/s1. The number of aromatic nitrogens is 2. The van der Waals surface area contributed by atoms with Crippen molar-refractivity contribution >= 4 is 23.1 Å². The summed E-state index contributed by atoms with van der Waals surface area (Å²) in [6.07, 6.45) is 10.2. The molecule has 3 aliphatic rings. The van der Waals surface area contributed by atoms with Gasteiger partial charge in [-0.15, -0.1) is 0 Å². The van der Waals surface area contributed by atoms with Crippen LogP contribution in [0, 0.1) is 23.1 Å².